The maximum Gasteiger partial charge on any atom is 0.431 e. The number of alkyl halides is 3. The molecule has 0 bridgehead atoms. The molecule has 0 unspecified atom stereocenters. The summed E-state index contributed by atoms with van der Waals surface area (Å²) in [6.07, 6.45) is -4.46. The number of urea groups is 1. The van der Waals surface area contributed by atoms with E-state index in [0.29, 0.717) is 22.2 Å². The molecule has 1 heterocycles. The third-order valence-corrected chi connectivity index (χ3v) is 3.55. The van der Waals surface area contributed by atoms with Crippen LogP contribution < -0.4 is 10.6 Å². The number of benzene rings is 2. The Morgan fingerprint density at radius 3 is 2.44 bits per heavy atom. The number of halogens is 4. The van der Waals surface area contributed by atoms with Crippen molar-refractivity contribution in [2.75, 3.05) is 5.32 Å². The van der Waals surface area contributed by atoms with Gasteiger partial charge in [0.05, 0.1) is 0 Å². The quantitative estimate of drug-likeness (QED) is 0.591. The molecule has 0 aliphatic carbocycles. The van der Waals surface area contributed by atoms with Gasteiger partial charge in [0, 0.05) is 23.1 Å². The van der Waals surface area contributed by atoms with Gasteiger partial charge in [0.25, 0.3) is 0 Å². The Balaban J connectivity index is 1.65. The lowest BCUT2D eigenvalue weighted by Crippen LogP contribution is -2.28. The molecule has 0 aliphatic heterocycles. The molecule has 25 heavy (non-hydrogen) atoms. The first-order chi connectivity index (χ1) is 11.8. The van der Waals surface area contributed by atoms with Crippen molar-refractivity contribution in [2.24, 2.45) is 0 Å². The van der Waals surface area contributed by atoms with Crippen LogP contribution in [0.5, 0.6) is 0 Å². The van der Waals surface area contributed by atoms with Crippen LogP contribution >= 0.6 is 0 Å². The lowest BCUT2D eigenvalue weighted by Gasteiger charge is -2.08. The number of aromatic nitrogens is 1. The molecular formula is C17H13F4N3O. The molecule has 2 aromatic carbocycles. The van der Waals surface area contributed by atoms with Gasteiger partial charge in [0.2, 0.25) is 0 Å². The summed E-state index contributed by atoms with van der Waals surface area (Å²) in [5, 5.41) is 5.47. The minimum absolute atomic E-state index is 0.191. The van der Waals surface area contributed by atoms with Crippen LogP contribution in [0.15, 0.2) is 48.5 Å². The summed E-state index contributed by atoms with van der Waals surface area (Å²) in [4.78, 5) is 14.2. The molecule has 0 fully saturated rings. The van der Waals surface area contributed by atoms with Gasteiger partial charge in [-0.2, -0.15) is 13.2 Å². The van der Waals surface area contributed by atoms with E-state index in [1.54, 1.807) is 12.1 Å². The average molecular weight is 351 g/mol. The molecular weight excluding hydrogens is 338 g/mol. The van der Waals surface area contributed by atoms with Gasteiger partial charge in [-0.25, -0.2) is 9.18 Å². The van der Waals surface area contributed by atoms with Crippen molar-refractivity contribution in [3.05, 3.63) is 65.6 Å². The number of hydrogen-bond donors (Lipinski definition) is 3. The van der Waals surface area contributed by atoms with E-state index < -0.39 is 17.9 Å². The average Bonchev–Trinajstić information content (AvgIpc) is 2.98. The molecule has 8 heteroatoms. The molecule has 0 aliphatic rings. The fourth-order valence-corrected chi connectivity index (χ4v) is 2.32. The van der Waals surface area contributed by atoms with Crippen LogP contribution in [-0.2, 0) is 12.7 Å². The Kier molecular flexibility index (Phi) is 4.35. The van der Waals surface area contributed by atoms with E-state index in [2.05, 4.69) is 15.6 Å². The molecule has 0 saturated carbocycles. The van der Waals surface area contributed by atoms with Gasteiger partial charge < -0.3 is 15.6 Å². The van der Waals surface area contributed by atoms with E-state index in [1.807, 2.05) is 0 Å². The molecule has 1 aromatic heterocycles. The Bertz CT molecular complexity index is 900. The van der Waals surface area contributed by atoms with E-state index in [1.165, 1.54) is 30.3 Å². The first kappa shape index (κ1) is 16.8. The van der Waals surface area contributed by atoms with Crippen molar-refractivity contribution in [3.8, 4) is 0 Å². The maximum absolute atomic E-state index is 12.8. The minimum Gasteiger partial charge on any atom is -0.351 e. The highest BCUT2D eigenvalue weighted by atomic mass is 19.4. The standard InChI is InChI=1S/C17H13F4N3O/c18-12-3-1-10(2-4-12)9-22-16(25)23-13-5-6-14-11(7-13)8-15(24-14)17(19,20)21/h1-8,24H,9H2,(H2,22,23,25). The third kappa shape index (κ3) is 4.09. The lowest BCUT2D eigenvalue weighted by molar-refractivity contribution is -0.140. The van der Waals surface area contributed by atoms with Crippen LogP contribution in [0.4, 0.5) is 28.0 Å². The second kappa shape index (κ2) is 6.46. The molecule has 0 atom stereocenters. The van der Waals surface area contributed by atoms with Gasteiger partial charge in [-0.15, -0.1) is 0 Å². The van der Waals surface area contributed by atoms with Gasteiger partial charge in [0.1, 0.15) is 11.5 Å². The van der Waals surface area contributed by atoms with Crippen molar-refractivity contribution < 1.29 is 22.4 Å². The summed E-state index contributed by atoms with van der Waals surface area (Å²) in [5.74, 6) is -0.369. The Morgan fingerprint density at radius 1 is 1.04 bits per heavy atom. The van der Waals surface area contributed by atoms with E-state index in [0.717, 1.165) is 6.07 Å². The summed E-state index contributed by atoms with van der Waals surface area (Å²) in [7, 11) is 0. The number of amides is 2. The van der Waals surface area contributed by atoms with E-state index >= 15 is 0 Å². The fraction of sp³-hybridized carbons (Fsp3) is 0.118. The second-order valence-electron chi connectivity index (χ2n) is 5.42. The topological polar surface area (TPSA) is 56.9 Å². The summed E-state index contributed by atoms with van der Waals surface area (Å²) in [6.45, 7) is 0.191. The molecule has 4 nitrogen and oxygen atoms in total. The molecule has 3 aromatic rings. The Labute approximate surface area is 139 Å². The first-order valence-corrected chi connectivity index (χ1v) is 7.30. The van der Waals surface area contributed by atoms with E-state index in [-0.39, 0.29) is 12.4 Å². The number of rotatable bonds is 3. The van der Waals surface area contributed by atoms with Crippen LogP contribution in [-0.4, -0.2) is 11.0 Å². The Morgan fingerprint density at radius 2 is 1.76 bits per heavy atom. The van der Waals surface area contributed by atoms with Crippen molar-refractivity contribution in [2.45, 2.75) is 12.7 Å². The highest BCUT2D eigenvalue weighted by molar-refractivity contribution is 5.93. The summed E-state index contributed by atoms with van der Waals surface area (Å²) in [5.41, 5.74) is 0.550. The number of fused-ring (bicyclic) bond motifs is 1. The number of anilines is 1. The zero-order chi connectivity index (χ0) is 18.0. The normalized spacial score (nSPS) is 11.5. The highest BCUT2D eigenvalue weighted by Crippen LogP contribution is 2.31. The number of aromatic amines is 1. The van der Waals surface area contributed by atoms with Crippen LogP contribution in [0.3, 0.4) is 0 Å². The molecule has 3 rings (SSSR count). The minimum atomic E-state index is -4.46. The van der Waals surface area contributed by atoms with Crippen molar-refractivity contribution in [1.29, 1.82) is 0 Å². The number of carbonyl (C=O) groups excluding carboxylic acids is 1. The third-order valence-electron chi connectivity index (χ3n) is 3.55. The van der Waals surface area contributed by atoms with Crippen molar-refractivity contribution >= 4 is 22.6 Å². The predicted octanol–water partition coefficient (Wildman–Crippen LogP) is 4.65. The fourth-order valence-electron chi connectivity index (χ4n) is 2.32. The summed E-state index contributed by atoms with van der Waals surface area (Å²) < 4.78 is 50.9. The van der Waals surface area contributed by atoms with Crippen LogP contribution in [0.1, 0.15) is 11.3 Å². The van der Waals surface area contributed by atoms with E-state index in [4.69, 9.17) is 0 Å². The lowest BCUT2D eigenvalue weighted by atomic mass is 10.2. The summed E-state index contributed by atoms with van der Waals surface area (Å²) in [6, 6.07) is 10.5. The highest BCUT2D eigenvalue weighted by Gasteiger charge is 2.32. The monoisotopic (exact) mass is 351 g/mol. The SMILES string of the molecule is O=C(NCc1ccc(F)cc1)Nc1ccc2[nH]c(C(F)(F)F)cc2c1. The van der Waals surface area contributed by atoms with Crippen LogP contribution in [0.25, 0.3) is 10.9 Å². The predicted molar refractivity (Wildman–Crippen MR) is 85.6 cm³/mol. The van der Waals surface area contributed by atoms with Crippen molar-refractivity contribution in [3.63, 3.8) is 0 Å². The first-order valence-electron chi connectivity index (χ1n) is 7.30. The smallest absolute Gasteiger partial charge is 0.351 e. The number of hydrogen-bond acceptors (Lipinski definition) is 1. The van der Waals surface area contributed by atoms with Gasteiger partial charge >= 0.3 is 12.2 Å². The second-order valence-corrected chi connectivity index (χ2v) is 5.42. The van der Waals surface area contributed by atoms with Crippen LogP contribution in [0, 0.1) is 5.82 Å². The zero-order valence-electron chi connectivity index (χ0n) is 12.7. The molecule has 130 valence electrons. The molecule has 0 saturated heterocycles. The number of carbonyl (C=O) groups is 1. The molecule has 0 spiro atoms. The van der Waals surface area contributed by atoms with Gasteiger partial charge in [-0.3, -0.25) is 0 Å². The molecule has 0 radical (unpaired) electrons. The van der Waals surface area contributed by atoms with Crippen LogP contribution in [0.2, 0.25) is 0 Å². The van der Waals surface area contributed by atoms with E-state index in [9.17, 15) is 22.4 Å². The molecule has 3 N–H and O–H groups in total. The molecule has 2 amide bonds. The largest absolute Gasteiger partial charge is 0.431 e. The number of H-pyrrole nitrogens is 1. The van der Waals surface area contributed by atoms with Gasteiger partial charge in [0.15, 0.2) is 0 Å². The van der Waals surface area contributed by atoms with Crippen molar-refractivity contribution in [1.82, 2.24) is 10.3 Å². The maximum atomic E-state index is 12.8. The summed E-state index contributed by atoms with van der Waals surface area (Å²) >= 11 is 0. The van der Waals surface area contributed by atoms with Gasteiger partial charge in [-0.05, 0) is 42.0 Å². The zero-order valence-corrected chi connectivity index (χ0v) is 12.7. The van der Waals surface area contributed by atoms with Gasteiger partial charge in [-0.1, -0.05) is 12.1 Å². The number of nitrogens with one attached hydrogen (secondary N) is 3. The Hall–Kier alpha value is -3.03.